The lowest BCUT2D eigenvalue weighted by molar-refractivity contribution is -0.114. The standard InChI is InChI=1S/C13H14O4/c1-17-12-7-10(9-5-3-2-4-6-9)13(15,16)8-11(12)14/h2-7,14-16H,8H2,1H3. The summed E-state index contributed by atoms with van der Waals surface area (Å²) >= 11 is 0. The number of allylic oxidation sites excluding steroid dienone is 1. The number of aliphatic hydroxyl groups excluding tert-OH is 1. The number of ether oxygens (including phenoxy) is 1. The van der Waals surface area contributed by atoms with Crippen LogP contribution >= 0.6 is 0 Å². The van der Waals surface area contributed by atoms with Crippen LogP contribution in [0.5, 0.6) is 0 Å². The Balaban J connectivity index is 2.50. The average Bonchev–Trinajstić information content (AvgIpc) is 2.29. The Morgan fingerprint density at radius 1 is 1.18 bits per heavy atom. The maximum absolute atomic E-state index is 9.91. The molecule has 1 aromatic carbocycles. The summed E-state index contributed by atoms with van der Waals surface area (Å²) < 4.78 is 4.98. The molecule has 0 spiro atoms. The fourth-order valence-corrected chi connectivity index (χ4v) is 1.85. The summed E-state index contributed by atoms with van der Waals surface area (Å²) in [5.74, 6) is -1.99. The molecule has 1 aliphatic rings. The molecule has 0 saturated heterocycles. The van der Waals surface area contributed by atoms with E-state index >= 15 is 0 Å². The third kappa shape index (κ3) is 2.18. The first kappa shape index (κ1) is 11.7. The summed E-state index contributed by atoms with van der Waals surface area (Å²) in [4.78, 5) is 0. The zero-order valence-electron chi connectivity index (χ0n) is 9.42. The van der Waals surface area contributed by atoms with E-state index in [1.165, 1.54) is 13.2 Å². The van der Waals surface area contributed by atoms with Crippen molar-refractivity contribution in [3.05, 3.63) is 53.5 Å². The highest BCUT2D eigenvalue weighted by atomic mass is 16.5. The lowest BCUT2D eigenvalue weighted by Crippen LogP contribution is -2.33. The van der Waals surface area contributed by atoms with Gasteiger partial charge >= 0.3 is 0 Å². The minimum atomic E-state index is -2.08. The normalized spacial score (nSPS) is 18.9. The topological polar surface area (TPSA) is 69.9 Å². The SMILES string of the molecule is COC1=C(O)CC(O)(O)C(c2ccccc2)=C1. The average molecular weight is 234 g/mol. The second-order valence-corrected chi connectivity index (χ2v) is 3.93. The number of benzene rings is 1. The van der Waals surface area contributed by atoms with Gasteiger partial charge in [0.1, 0.15) is 5.76 Å². The first-order valence-electron chi connectivity index (χ1n) is 5.23. The van der Waals surface area contributed by atoms with Gasteiger partial charge in [0.05, 0.1) is 13.5 Å². The van der Waals surface area contributed by atoms with Crippen molar-refractivity contribution < 1.29 is 20.1 Å². The van der Waals surface area contributed by atoms with Gasteiger partial charge in [-0.3, -0.25) is 0 Å². The summed E-state index contributed by atoms with van der Waals surface area (Å²) in [5, 5.41) is 29.4. The monoisotopic (exact) mass is 234 g/mol. The van der Waals surface area contributed by atoms with E-state index in [2.05, 4.69) is 0 Å². The fraction of sp³-hybridized carbons (Fsp3) is 0.231. The molecule has 0 aromatic heterocycles. The van der Waals surface area contributed by atoms with Gasteiger partial charge in [-0.15, -0.1) is 0 Å². The Kier molecular flexibility index (Phi) is 2.92. The van der Waals surface area contributed by atoms with Gasteiger partial charge in [-0.05, 0) is 11.6 Å². The van der Waals surface area contributed by atoms with E-state index in [1.807, 2.05) is 6.07 Å². The van der Waals surface area contributed by atoms with Gasteiger partial charge in [-0.2, -0.15) is 0 Å². The Hall–Kier alpha value is -1.78. The van der Waals surface area contributed by atoms with Crippen LogP contribution in [0, 0.1) is 0 Å². The number of rotatable bonds is 2. The first-order valence-corrected chi connectivity index (χ1v) is 5.23. The van der Waals surface area contributed by atoms with Crippen LogP contribution in [-0.4, -0.2) is 28.2 Å². The van der Waals surface area contributed by atoms with Crippen LogP contribution in [0.2, 0.25) is 0 Å². The molecule has 1 aliphatic carbocycles. The summed E-state index contributed by atoms with van der Waals surface area (Å²) in [7, 11) is 1.42. The lowest BCUT2D eigenvalue weighted by atomic mass is 9.90. The number of aliphatic hydroxyl groups is 3. The molecule has 1 aromatic rings. The molecule has 0 fully saturated rings. The Morgan fingerprint density at radius 2 is 1.82 bits per heavy atom. The van der Waals surface area contributed by atoms with Crippen molar-refractivity contribution in [2.24, 2.45) is 0 Å². The number of methoxy groups -OCH3 is 1. The maximum Gasteiger partial charge on any atom is 0.197 e. The zero-order valence-corrected chi connectivity index (χ0v) is 9.42. The third-order valence-electron chi connectivity index (χ3n) is 2.71. The molecule has 0 unspecified atom stereocenters. The van der Waals surface area contributed by atoms with Crippen molar-refractivity contribution >= 4 is 5.57 Å². The zero-order chi connectivity index (χ0) is 12.5. The minimum Gasteiger partial charge on any atom is -0.508 e. The van der Waals surface area contributed by atoms with E-state index < -0.39 is 5.79 Å². The molecule has 3 N–H and O–H groups in total. The van der Waals surface area contributed by atoms with Crippen molar-refractivity contribution in [1.29, 1.82) is 0 Å². The molecule has 0 heterocycles. The van der Waals surface area contributed by atoms with Gasteiger partial charge in [-0.1, -0.05) is 30.3 Å². The maximum atomic E-state index is 9.91. The van der Waals surface area contributed by atoms with Crippen LogP contribution in [0.4, 0.5) is 0 Å². The van der Waals surface area contributed by atoms with Crippen LogP contribution in [0.15, 0.2) is 47.9 Å². The lowest BCUT2D eigenvalue weighted by Gasteiger charge is -2.29. The van der Waals surface area contributed by atoms with E-state index in [-0.39, 0.29) is 17.9 Å². The predicted molar refractivity (Wildman–Crippen MR) is 62.9 cm³/mol. The van der Waals surface area contributed by atoms with Crippen molar-refractivity contribution in [3.8, 4) is 0 Å². The van der Waals surface area contributed by atoms with Gasteiger partial charge in [0, 0.05) is 5.57 Å². The highest BCUT2D eigenvalue weighted by molar-refractivity contribution is 5.74. The molecule has 0 radical (unpaired) electrons. The molecule has 2 rings (SSSR count). The smallest absolute Gasteiger partial charge is 0.197 e. The van der Waals surface area contributed by atoms with Gasteiger partial charge in [-0.25, -0.2) is 0 Å². The van der Waals surface area contributed by atoms with Crippen LogP contribution in [-0.2, 0) is 4.74 Å². The van der Waals surface area contributed by atoms with Gasteiger partial charge in [0.15, 0.2) is 11.5 Å². The molecule has 0 bridgehead atoms. The summed E-state index contributed by atoms with van der Waals surface area (Å²) in [6, 6.07) is 8.98. The quantitative estimate of drug-likeness (QED) is 0.679. The highest BCUT2D eigenvalue weighted by Crippen LogP contribution is 2.36. The second kappa shape index (κ2) is 4.24. The first-order chi connectivity index (χ1) is 8.04. The van der Waals surface area contributed by atoms with E-state index in [0.29, 0.717) is 11.1 Å². The minimum absolute atomic E-state index is 0.169. The predicted octanol–water partition coefficient (Wildman–Crippen LogP) is 1.57. The van der Waals surface area contributed by atoms with Crippen molar-refractivity contribution in [3.63, 3.8) is 0 Å². The molecule has 0 aliphatic heterocycles. The molecular weight excluding hydrogens is 220 g/mol. The fourth-order valence-electron chi connectivity index (χ4n) is 1.85. The molecule has 17 heavy (non-hydrogen) atoms. The van der Waals surface area contributed by atoms with E-state index in [4.69, 9.17) is 4.74 Å². The van der Waals surface area contributed by atoms with Crippen molar-refractivity contribution in [1.82, 2.24) is 0 Å². The Bertz CT molecular complexity index is 471. The Labute approximate surface area is 99.1 Å². The number of hydrogen-bond donors (Lipinski definition) is 3. The second-order valence-electron chi connectivity index (χ2n) is 3.93. The van der Waals surface area contributed by atoms with Gasteiger partial charge < -0.3 is 20.1 Å². The van der Waals surface area contributed by atoms with Crippen molar-refractivity contribution in [2.75, 3.05) is 7.11 Å². The Morgan fingerprint density at radius 3 is 2.41 bits per heavy atom. The molecule has 0 saturated carbocycles. The number of hydrogen-bond acceptors (Lipinski definition) is 4. The summed E-state index contributed by atoms with van der Waals surface area (Å²) in [6.07, 6.45) is 1.16. The van der Waals surface area contributed by atoms with Crippen LogP contribution < -0.4 is 0 Å². The summed E-state index contributed by atoms with van der Waals surface area (Å²) in [6.45, 7) is 0. The molecule has 4 nitrogen and oxygen atoms in total. The van der Waals surface area contributed by atoms with Crippen LogP contribution in [0.3, 0.4) is 0 Å². The van der Waals surface area contributed by atoms with E-state index in [9.17, 15) is 15.3 Å². The molecular formula is C13H14O4. The third-order valence-corrected chi connectivity index (χ3v) is 2.71. The van der Waals surface area contributed by atoms with Crippen molar-refractivity contribution in [2.45, 2.75) is 12.2 Å². The van der Waals surface area contributed by atoms with Gasteiger partial charge in [0.25, 0.3) is 0 Å². The molecule has 0 atom stereocenters. The molecule has 0 amide bonds. The van der Waals surface area contributed by atoms with Crippen LogP contribution in [0.25, 0.3) is 5.57 Å². The molecule has 90 valence electrons. The van der Waals surface area contributed by atoms with Crippen LogP contribution in [0.1, 0.15) is 12.0 Å². The highest BCUT2D eigenvalue weighted by Gasteiger charge is 2.35. The largest absolute Gasteiger partial charge is 0.508 e. The van der Waals surface area contributed by atoms with E-state index in [1.54, 1.807) is 24.3 Å². The van der Waals surface area contributed by atoms with Gasteiger partial charge in [0.2, 0.25) is 0 Å². The van der Waals surface area contributed by atoms with E-state index in [0.717, 1.165) is 0 Å². The molecule has 4 heteroatoms. The summed E-state index contributed by atoms with van der Waals surface area (Å²) in [5.41, 5.74) is 0.993.